The van der Waals surface area contributed by atoms with Gasteiger partial charge in [0.25, 0.3) is 0 Å². The second kappa shape index (κ2) is 14.0. The molecule has 50 heavy (non-hydrogen) atoms. The van der Waals surface area contributed by atoms with Crippen molar-refractivity contribution in [3.05, 3.63) is 143 Å². The first-order chi connectivity index (χ1) is 24.3. The van der Waals surface area contributed by atoms with Gasteiger partial charge in [0.05, 0.1) is 23.5 Å². The van der Waals surface area contributed by atoms with Crippen LogP contribution < -0.4 is 9.80 Å². The number of ketones is 2. The van der Waals surface area contributed by atoms with E-state index in [1.807, 2.05) is 24.3 Å². The fraction of sp³-hybridized carbons (Fsp3) is 0.310. The van der Waals surface area contributed by atoms with Crippen molar-refractivity contribution >= 4 is 28.9 Å². The van der Waals surface area contributed by atoms with Crippen LogP contribution in [0.4, 0.5) is 15.8 Å². The van der Waals surface area contributed by atoms with Gasteiger partial charge in [0.1, 0.15) is 11.7 Å². The minimum absolute atomic E-state index is 0.0132. The summed E-state index contributed by atoms with van der Waals surface area (Å²) >= 11 is 0. The highest BCUT2D eigenvalue weighted by molar-refractivity contribution is 6.14. The molecule has 1 saturated carbocycles. The highest BCUT2D eigenvalue weighted by Gasteiger charge is 2.45. The topological polar surface area (TPSA) is 70.2 Å². The Morgan fingerprint density at radius 2 is 1.36 bits per heavy atom. The number of rotatable bonds is 11. The molecule has 0 spiro atoms. The number of piperazine rings is 1. The number of fused-ring (bicyclic) bond motifs is 1. The zero-order chi connectivity index (χ0) is 34.8. The zero-order valence-corrected chi connectivity index (χ0v) is 28.4. The summed E-state index contributed by atoms with van der Waals surface area (Å²) in [5.41, 5.74) is 4.68. The molecule has 256 valence electrons. The van der Waals surface area contributed by atoms with Crippen molar-refractivity contribution in [3.8, 4) is 0 Å². The molecule has 0 aromatic heterocycles. The standard InChI is InChI=1S/C42H42FN3O4/c1-29(2)39(47)20-25-50-41(49)35-28-46(33-18-19-33)37-27-38(36(43)26-34(37)40(35)48)44-21-23-45(24-22-44)42(30-12-6-3-7-13-30,31-14-8-4-9-15-31)32-16-10-5-11-17-32/h3-17,26-27,33,35H,1,18-25,28H2,2H3. The Labute approximate surface area is 293 Å². The number of halogens is 1. The third-order valence-corrected chi connectivity index (χ3v) is 10.3. The highest BCUT2D eigenvalue weighted by Crippen LogP contribution is 2.45. The van der Waals surface area contributed by atoms with Crippen LogP contribution in [0.5, 0.6) is 0 Å². The molecule has 4 aromatic carbocycles. The van der Waals surface area contributed by atoms with E-state index in [0.29, 0.717) is 43.1 Å². The first kappa shape index (κ1) is 33.4. The van der Waals surface area contributed by atoms with Crippen molar-refractivity contribution in [2.75, 3.05) is 49.1 Å². The van der Waals surface area contributed by atoms with Gasteiger partial charge in [-0.25, -0.2) is 4.39 Å². The normalized spacial score (nSPS) is 18.0. The Balaban J connectivity index is 1.16. The fourth-order valence-electron chi connectivity index (χ4n) is 7.63. The van der Waals surface area contributed by atoms with Crippen molar-refractivity contribution in [1.29, 1.82) is 0 Å². The van der Waals surface area contributed by atoms with E-state index in [1.165, 1.54) is 22.8 Å². The van der Waals surface area contributed by atoms with Gasteiger partial charge in [0.2, 0.25) is 0 Å². The summed E-state index contributed by atoms with van der Waals surface area (Å²) in [7, 11) is 0. The molecule has 1 unspecified atom stereocenters. The molecule has 4 aromatic rings. The maximum absolute atomic E-state index is 16.1. The number of benzene rings is 4. The van der Waals surface area contributed by atoms with Gasteiger partial charge in [-0.3, -0.25) is 19.3 Å². The van der Waals surface area contributed by atoms with Crippen LogP contribution in [-0.2, 0) is 19.9 Å². The number of esters is 1. The molecule has 7 nitrogen and oxygen atoms in total. The van der Waals surface area contributed by atoms with Gasteiger partial charge in [-0.05, 0) is 54.2 Å². The lowest BCUT2D eigenvalue weighted by molar-refractivity contribution is -0.146. The lowest BCUT2D eigenvalue weighted by atomic mass is 9.75. The van der Waals surface area contributed by atoms with Gasteiger partial charge in [0, 0.05) is 50.7 Å². The van der Waals surface area contributed by atoms with Gasteiger partial charge in [-0.1, -0.05) is 97.6 Å². The van der Waals surface area contributed by atoms with Gasteiger partial charge in [-0.2, -0.15) is 0 Å². The second-order valence-corrected chi connectivity index (χ2v) is 13.5. The number of ether oxygens (including phenoxy) is 1. The predicted molar refractivity (Wildman–Crippen MR) is 193 cm³/mol. The van der Waals surface area contributed by atoms with Gasteiger partial charge in [0.15, 0.2) is 11.6 Å². The van der Waals surface area contributed by atoms with E-state index in [2.05, 4.69) is 94.1 Å². The monoisotopic (exact) mass is 671 g/mol. The van der Waals surface area contributed by atoms with E-state index in [0.717, 1.165) is 12.8 Å². The van der Waals surface area contributed by atoms with Crippen molar-refractivity contribution in [2.24, 2.45) is 5.92 Å². The Hall–Kier alpha value is -5.08. The molecule has 2 fully saturated rings. The summed E-state index contributed by atoms with van der Waals surface area (Å²) in [5.74, 6) is -2.87. The molecular weight excluding hydrogens is 629 g/mol. The number of hydrogen-bond donors (Lipinski definition) is 0. The van der Waals surface area contributed by atoms with Crippen LogP contribution >= 0.6 is 0 Å². The zero-order valence-electron chi connectivity index (χ0n) is 28.4. The summed E-state index contributed by atoms with van der Waals surface area (Å²) in [6, 6.07) is 35.0. The molecular formula is C42H42FN3O4. The molecule has 7 rings (SSSR count). The Kier molecular flexibility index (Phi) is 9.38. The van der Waals surface area contributed by atoms with E-state index in [1.54, 1.807) is 6.92 Å². The minimum atomic E-state index is -1.07. The molecule has 0 bridgehead atoms. The SMILES string of the molecule is C=C(C)C(=O)CCOC(=O)C1CN(C2CC2)c2cc(N3CCN(C(c4ccccc4)(c4ccccc4)c4ccccc4)CC3)c(F)cc2C1=O. The van der Waals surface area contributed by atoms with E-state index < -0.39 is 29.0 Å². The van der Waals surface area contributed by atoms with Crippen LogP contribution in [0, 0.1) is 11.7 Å². The highest BCUT2D eigenvalue weighted by atomic mass is 19.1. The van der Waals surface area contributed by atoms with Crippen LogP contribution in [0.25, 0.3) is 0 Å². The van der Waals surface area contributed by atoms with Crippen molar-refractivity contribution < 1.29 is 23.5 Å². The van der Waals surface area contributed by atoms with Crippen LogP contribution in [-0.4, -0.2) is 67.8 Å². The number of hydrogen-bond acceptors (Lipinski definition) is 7. The Bertz CT molecular complexity index is 1790. The second-order valence-electron chi connectivity index (χ2n) is 13.5. The van der Waals surface area contributed by atoms with Crippen LogP contribution in [0.1, 0.15) is 53.2 Å². The molecule has 0 amide bonds. The predicted octanol–water partition coefficient (Wildman–Crippen LogP) is 6.80. The molecule has 0 radical (unpaired) electrons. The molecule has 0 N–H and O–H groups in total. The first-order valence-corrected chi connectivity index (χ1v) is 17.5. The summed E-state index contributed by atoms with van der Waals surface area (Å²) < 4.78 is 21.5. The third kappa shape index (κ3) is 6.24. The average Bonchev–Trinajstić information content (AvgIpc) is 3.99. The van der Waals surface area contributed by atoms with Crippen LogP contribution in [0.15, 0.2) is 115 Å². The maximum atomic E-state index is 16.1. The smallest absolute Gasteiger partial charge is 0.318 e. The maximum Gasteiger partial charge on any atom is 0.318 e. The molecule has 1 aliphatic carbocycles. The largest absolute Gasteiger partial charge is 0.465 e. The number of carbonyl (C=O) groups excluding carboxylic acids is 3. The number of nitrogens with zero attached hydrogens (tertiary/aromatic N) is 3. The lowest BCUT2D eigenvalue weighted by Gasteiger charge is -2.49. The summed E-state index contributed by atoms with van der Waals surface area (Å²) in [6.45, 7) is 7.79. The molecule has 2 heterocycles. The fourth-order valence-corrected chi connectivity index (χ4v) is 7.63. The average molecular weight is 672 g/mol. The van der Waals surface area contributed by atoms with Crippen LogP contribution in [0.2, 0.25) is 0 Å². The van der Waals surface area contributed by atoms with E-state index in [4.69, 9.17) is 4.74 Å². The van der Waals surface area contributed by atoms with E-state index in [-0.39, 0.29) is 37.0 Å². The molecule has 1 atom stereocenters. The third-order valence-electron chi connectivity index (χ3n) is 10.3. The minimum Gasteiger partial charge on any atom is -0.465 e. The lowest BCUT2D eigenvalue weighted by Crippen LogP contribution is -2.56. The van der Waals surface area contributed by atoms with E-state index in [9.17, 15) is 14.4 Å². The van der Waals surface area contributed by atoms with Crippen molar-refractivity contribution in [1.82, 2.24) is 4.90 Å². The van der Waals surface area contributed by atoms with Gasteiger partial charge < -0.3 is 14.5 Å². The number of allylic oxidation sites excluding steroid dienone is 1. The van der Waals surface area contributed by atoms with Crippen molar-refractivity contribution in [3.63, 3.8) is 0 Å². The Morgan fingerprint density at radius 1 is 0.820 bits per heavy atom. The van der Waals surface area contributed by atoms with E-state index >= 15 is 4.39 Å². The molecule has 1 saturated heterocycles. The van der Waals surface area contributed by atoms with Gasteiger partial charge >= 0.3 is 5.97 Å². The molecule has 3 aliphatic rings. The summed E-state index contributed by atoms with van der Waals surface area (Å²) in [5, 5.41) is 0. The quantitative estimate of drug-likeness (QED) is 0.0752. The number of carbonyl (C=O) groups is 3. The van der Waals surface area contributed by atoms with Crippen molar-refractivity contribution in [2.45, 2.75) is 37.8 Å². The van der Waals surface area contributed by atoms with Gasteiger partial charge in [-0.15, -0.1) is 0 Å². The summed E-state index contributed by atoms with van der Waals surface area (Å²) in [4.78, 5) is 45.3. The van der Waals surface area contributed by atoms with Crippen LogP contribution in [0.3, 0.4) is 0 Å². The number of Topliss-reactive ketones (excluding diaryl/α,β-unsaturated/α-hetero) is 2. The molecule has 2 aliphatic heterocycles. The first-order valence-electron chi connectivity index (χ1n) is 17.5. The number of anilines is 2. The summed E-state index contributed by atoms with van der Waals surface area (Å²) in [6.07, 6.45) is 1.89. The molecule has 8 heteroatoms. The Morgan fingerprint density at radius 3 is 1.86 bits per heavy atom.